The molecule has 0 aliphatic carbocycles. The summed E-state index contributed by atoms with van der Waals surface area (Å²) in [6.07, 6.45) is -0.448. The van der Waals surface area contributed by atoms with Gasteiger partial charge in [-0.25, -0.2) is 0 Å². The van der Waals surface area contributed by atoms with Crippen molar-refractivity contribution in [1.29, 1.82) is 0 Å². The highest BCUT2D eigenvalue weighted by molar-refractivity contribution is 7.51. The number of carbonyl (C=O) groups is 1. The average Bonchev–Trinajstić information content (AvgIpc) is 1.53. The molecule has 1 amide bonds. The minimum atomic E-state index is -4.06. The zero-order chi connectivity index (χ0) is 9.07. The lowest BCUT2D eigenvalue weighted by atomic mass is 10.6. The van der Waals surface area contributed by atoms with Gasteiger partial charge >= 0.3 is 7.60 Å². The lowest BCUT2D eigenvalue weighted by Crippen LogP contribution is -2.31. The summed E-state index contributed by atoms with van der Waals surface area (Å²) in [5.74, 6) is -0.610. The largest absolute Gasteiger partial charge is 0.369 e. The highest BCUT2D eigenvalue weighted by atomic mass is 31.2. The van der Waals surface area contributed by atoms with Crippen molar-refractivity contribution in [2.45, 2.75) is 0 Å². The first kappa shape index (κ1) is 10.6. The van der Waals surface area contributed by atoms with E-state index in [0.29, 0.717) is 0 Å². The maximum absolute atomic E-state index is 10.3. The fourth-order valence-electron chi connectivity index (χ4n) is 0.631. The van der Waals surface area contributed by atoms with Gasteiger partial charge < -0.3 is 15.5 Å². The zero-order valence-corrected chi connectivity index (χ0v) is 6.99. The molecule has 0 unspecified atom stereocenters. The first-order chi connectivity index (χ1) is 4.81. The molecule has 4 N–H and O–H groups in total. The van der Waals surface area contributed by atoms with Crippen molar-refractivity contribution in [3.8, 4) is 0 Å². The Morgan fingerprint density at radius 1 is 1.64 bits per heavy atom. The Bertz CT molecular complexity index is 189. The molecular formula is C4H11N2O4P. The third-order valence-electron chi connectivity index (χ3n) is 0.851. The monoisotopic (exact) mass is 182 g/mol. The van der Waals surface area contributed by atoms with Crippen LogP contribution in [0.25, 0.3) is 0 Å². The highest BCUT2D eigenvalue weighted by Crippen LogP contribution is 2.34. The number of hydrogen-bond acceptors (Lipinski definition) is 3. The molecule has 0 aliphatic rings. The molecule has 0 saturated carbocycles. The van der Waals surface area contributed by atoms with Crippen LogP contribution in [0.4, 0.5) is 0 Å². The highest BCUT2D eigenvalue weighted by Gasteiger charge is 2.16. The van der Waals surface area contributed by atoms with E-state index in [-0.39, 0.29) is 6.54 Å². The molecule has 0 aromatic rings. The maximum atomic E-state index is 10.3. The Morgan fingerprint density at radius 2 is 2.09 bits per heavy atom. The molecule has 0 radical (unpaired) electrons. The van der Waals surface area contributed by atoms with Gasteiger partial charge in [0, 0.05) is 0 Å². The van der Waals surface area contributed by atoms with Crippen LogP contribution in [0.5, 0.6) is 0 Å². The summed E-state index contributed by atoms with van der Waals surface area (Å²) in [6.45, 7) is -0.148. The first-order valence-electron chi connectivity index (χ1n) is 2.82. The molecule has 0 heterocycles. The van der Waals surface area contributed by atoms with E-state index in [1.54, 1.807) is 0 Å². The van der Waals surface area contributed by atoms with Crippen LogP contribution in [0.2, 0.25) is 0 Å². The predicted octanol–water partition coefficient (Wildman–Crippen LogP) is -1.46. The Balaban J connectivity index is 3.79. The van der Waals surface area contributed by atoms with Crippen LogP contribution in [-0.4, -0.2) is 40.5 Å². The molecule has 0 aromatic heterocycles. The molecule has 11 heavy (non-hydrogen) atoms. The maximum Gasteiger partial charge on any atom is 0.339 e. The van der Waals surface area contributed by atoms with Crippen LogP contribution < -0.4 is 5.73 Å². The molecule has 0 rings (SSSR count). The predicted molar refractivity (Wildman–Crippen MR) is 38.7 cm³/mol. The van der Waals surface area contributed by atoms with Gasteiger partial charge in [0.25, 0.3) is 0 Å². The van der Waals surface area contributed by atoms with Crippen LogP contribution in [0.1, 0.15) is 0 Å². The average molecular weight is 182 g/mol. The van der Waals surface area contributed by atoms with E-state index in [2.05, 4.69) is 0 Å². The van der Waals surface area contributed by atoms with Gasteiger partial charge in [0.05, 0.1) is 6.54 Å². The SMILES string of the molecule is CN(CC(N)=O)CP(=O)(O)O. The third kappa shape index (κ3) is 7.48. The molecule has 6 nitrogen and oxygen atoms in total. The second-order valence-corrected chi connectivity index (χ2v) is 3.90. The fraction of sp³-hybridized carbons (Fsp3) is 0.750. The van der Waals surface area contributed by atoms with Gasteiger partial charge in [0.15, 0.2) is 0 Å². The lowest BCUT2D eigenvalue weighted by Gasteiger charge is -2.14. The van der Waals surface area contributed by atoms with E-state index >= 15 is 0 Å². The summed E-state index contributed by atoms with van der Waals surface area (Å²) in [5.41, 5.74) is 4.78. The lowest BCUT2D eigenvalue weighted by molar-refractivity contribution is -0.118. The van der Waals surface area contributed by atoms with Crippen molar-refractivity contribution in [3.05, 3.63) is 0 Å². The van der Waals surface area contributed by atoms with Gasteiger partial charge in [-0.05, 0) is 7.05 Å². The van der Waals surface area contributed by atoms with E-state index in [9.17, 15) is 9.36 Å². The molecule has 0 bridgehead atoms. The normalized spacial score (nSPS) is 12.0. The minimum absolute atomic E-state index is 0.148. The number of likely N-dealkylation sites (N-methyl/N-ethyl adjacent to an activating group) is 1. The molecule has 66 valence electrons. The molecule has 0 atom stereocenters. The molecule has 0 saturated heterocycles. The molecule has 0 aromatic carbocycles. The Hall–Kier alpha value is -0.420. The Kier molecular flexibility index (Phi) is 3.68. The van der Waals surface area contributed by atoms with E-state index in [1.165, 1.54) is 11.9 Å². The van der Waals surface area contributed by atoms with Gasteiger partial charge in [0.2, 0.25) is 5.91 Å². The van der Waals surface area contributed by atoms with Crippen molar-refractivity contribution in [3.63, 3.8) is 0 Å². The quantitative estimate of drug-likeness (QED) is 0.461. The Labute approximate surface area is 64.1 Å². The molecule has 0 fully saturated rings. The number of nitrogens with two attached hydrogens (primary N) is 1. The van der Waals surface area contributed by atoms with Gasteiger partial charge in [-0.2, -0.15) is 0 Å². The van der Waals surface area contributed by atoms with Crippen molar-refractivity contribution in [2.75, 3.05) is 19.9 Å². The zero-order valence-electron chi connectivity index (χ0n) is 6.10. The van der Waals surface area contributed by atoms with Crippen LogP contribution in [0.15, 0.2) is 0 Å². The van der Waals surface area contributed by atoms with Crippen molar-refractivity contribution in [2.24, 2.45) is 5.73 Å². The summed E-state index contributed by atoms with van der Waals surface area (Å²) in [7, 11) is -2.65. The van der Waals surface area contributed by atoms with Gasteiger partial charge in [-0.3, -0.25) is 14.3 Å². The molecular weight excluding hydrogens is 171 g/mol. The summed E-state index contributed by atoms with van der Waals surface area (Å²) in [6, 6.07) is 0. The molecule has 0 aliphatic heterocycles. The standard InChI is InChI=1S/C4H11N2O4P/c1-6(2-4(5)7)3-11(8,9)10/h2-3H2,1H3,(H2,5,7)(H2,8,9,10). The summed E-state index contributed by atoms with van der Waals surface area (Å²) in [4.78, 5) is 28.2. The van der Waals surface area contributed by atoms with Crippen LogP contribution in [0, 0.1) is 0 Å². The van der Waals surface area contributed by atoms with E-state index in [1.807, 2.05) is 0 Å². The summed E-state index contributed by atoms with van der Waals surface area (Å²) >= 11 is 0. The topological polar surface area (TPSA) is 104 Å². The van der Waals surface area contributed by atoms with Gasteiger partial charge in [-0.15, -0.1) is 0 Å². The van der Waals surface area contributed by atoms with Crippen molar-refractivity contribution in [1.82, 2.24) is 4.90 Å². The molecule has 0 spiro atoms. The number of hydrogen-bond donors (Lipinski definition) is 3. The van der Waals surface area contributed by atoms with E-state index < -0.39 is 19.8 Å². The fourth-order valence-corrected chi connectivity index (χ4v) is 1.36. The summed E-state index contributed by atoms with van der Waals surface area (Å²) < 4.78 is 10.3. The smallest absolute Gasteiger partial charge is 0.339 e. The Morgan fingerprint density at radius 3 is 2.36 bits per heavy atom. The van der Waals surface area contributed by atoms with Gasteiger partial charge in [-0.1, -0.05) is 0 Å². The summed E-state index contributed by atoms with van der Waals surface area (Å²) in [5, 5.41) is 0. The number of rotatable bonds is 4. The van der Waals surface area contributed by atoms with Crippen molar-refractivity contribution < 1.29 is 19.1 Å². The second kappa shape index (κ2) is 3.82. The second-order valence-electron chi connectivity index (χ2n) is 2.29. The minimum Gasteiger partial charge on any atom is -0.369 e. The van der Waals surface area contributed by atoms with Gasteiger partial charge in [0.1, 0.15) is 6.29 Å². The van der Waals surface area contributed by atoms with Crippen LogP contribution >= 0.6 is 7.60 Å². The first-order valence-corrected chi connectivity index (χ1v) is 4.62. The number of carbonyl (C=O) groups excluding carboxylic acids is 1. The third-order valence-corrected chi connectivity index (χ3v) is 1.70. The molecule has 7 heteroatoms. The van der Waals surface area contributed by atoms with Crippen LogP contribution in [0.3, 0.4) is 0 Å². The number of amides is 1. The number of nitrogens with zero attached hydrogens (tertiary/aromatic N) is 1. The number of primary amides is 1. The van der Waals surface area contributed by atoms with E-state index in [4.69, 9.17) is 15.5 Å². The van der Waals surface area contributed by atoms with Crippen LogP contribution in [-0.2, 0) is 9.36 Å². The van der Waals surface area contributed by atoms with E-state index in [0.717, 1.165) is 0 Å². The van der Waals surface area contributed by atoms with Crippen molar-refractivity contribution >= 4 is 13.5 Å².